The van der Waals surface area contributed by atoms with Gasteiger partial charge in [0.2, 0.25) is 5.91 Å². The molecule has 0 saturated heterocycles. The number of carbonyl (C=O) groups excluding carboxylic acids is 1. The fourth-order valence-electron chi connectivity index (χ4n) is 3.06. The summed E-state index contributed by atoms with van der Waals surface area (Å²) in [5, 5.41) is 9.11. The first-order chi connectivity index (χ1) is 10.0. The number of hydrogen-bond acceptors (Lipinski definition) is 4. The van der Waals surface area contributed by atoms with Crippen LogP contribution in [-0.2, 0) is 19.1 Å². The summed E-state index contributed by atoms with van der Waals surface area (Å²) in [7, 11) is 3.20. The molecule has 0 aromatic carbocycles. The van der Waals surface area contributed by atoms with Gasteiger partial charge in [-0.3, -0.25) is 9.59 Å². The van der Waals surface area contributed by atoms with Gasteiger partial charge in [0.05, 0.1) is 19.6 Å². The maximum Gasteiger partial charge on any atom is 0.303 e. The molecule has 6 nitrogen and oxygen atoms in total. The Kier molecular flexibility index (Phi) is 7.67. The van der Waals surface area contributed by atoms with Crippen molar-refractivity contribution in [3.63, 3.8) is 0 Å². The van der Waals surface area contributed by atoms with Gasteiger partial charge in [0, 0.05) is 33.7 Å². The van der Waals surface area contributed by atoms with Crippen LogP contribution in [0.4, 0.5) is 0 Å². The summed E-state index contributed by atoms with van der Waals surface area (Å²) < 4.78 is 10.1. The van der Waals surface area contributed by atoms with Crippen LogP contribution in [0.25, 0.3) is 0 Å². The molecule has 0 aliphatic heterocycles. The van der Waals surface area contributed by atoms with E-state index in [0.29, 0.717) is 32.7 Å². The van der Waals surface area contributed by atoms with Crippen LogP contribution in [0.15, 0.2) is 0 Å². The number of ether oxygens (including phenoxy) is 2. The molecule has 6 heteroatoms. The summed E-state index contributed by atoms with van der Waals surface area (Å²) in [6.07, 6.45) is 4.07. The van der Waals surface area contributed by atoms with Crippen LogP contribution in [0.1, 0.15) is 38.5 Å². The summed E-state index contributed by atoms with van der Waals surface area (Å²) in [4.78, 5) is 25.3. The van der Waals surface area contributed by atoms with E-state index in [9.17, 15) is 9.59 Å². The topological polar surface area (TPSA) is 76.1 Å². The predicted molar refractivity (Wildman–Crippen MR) is 78.1 cm³/mol. The third-order valence-electron chi connectivity index (χ3n) is 4.20. The van der Waals surface area contributed by atoms with Crippen molar-refractivity contribution in [3.05, 3.63) is 0 Å². The van der Waals surface area contributed by atoms with Gasteiger partial charge < -0.3 is 19.5 Å². The molecular formula is C15H27NO5. The van der Waals surface area contributed by atoms with Crippen molar-refractivity contribution >= 4 is 11.9 Å². The van der Waals surface area contributed by atoms with Gasteiger partial charge >= 0.3 is 5.97 Å². The van der Waals surface area contributed by atoms with Crippen LogP contribution in [0, 0.1) is 5.41 Å². The summed E-state index contributed by atoms with van der Waals surface area (Å²) in [5.74, 6) is -0.808. The highest BCUT2D eigenvalue weighted by Crippen LogP contribution is 2.44. The van der Waals surface area contributed by atoms with Gasteiger partial charge in [-0.15, -0.1) is 0 Å². The summed E-state index contributed by atoms with van der Waals surface area (Å²) in [5.41, 5.74) is -0.360. The molecule has 0 spiro atoms. The molecule has 1 N–H and O–H groups in total. The van der Waals surface area contributed by atoms with E-state index in [4.69, 9.17) is 14.6 Å². The standard InChI is InChI=1S/C15H27NO5/c1-20-9-7-16(8-10-21-2)13(17)11-15(12-14(18)19)5-3-4-6-15/h3-12H2,1-2H3,(H,18,19). The number of rotatable bonds is 10. The largest absolute Gasteiger partial charge is 0.481 e. The van der Waals surface area contributed by atoms with Crippen molar-refractivity contribution in [1.82, 2.24) is 4.90 Å². The van der Waals surface area contributed by atoms with Gasteiger partial charge in [-0.05, 0) is 18.3 Å². The first kappa shape index (κ1) is 17.9. The Morgan fingerprint density at radius 2 is 1.57 bits per heavy atom. The van der Waals surface area contributed by atoms with Gasteiger partial charge in [-0.1, -0.05) is 12.8 Å². The van der Waals surface area contributed by atoms with Crippen molar-refractivity contribution in [3.8, 4) is 0 Å². The van der Waals surface area contributed by atoms with Gasteiger partial charge in [0.15, 0.2) is 0 Å². The Labute approximate surface area is 126 Å². The van der Waals surface area contributed by atoms with Crippen LogP contribution in [0.3, 0.4) is 0 Å². The number of methoxy groups -OCH3 is 2. The van der Waals surface area contributed by atoms with Crippen molar-refractivity contribution < 1.29 is 24.2 Å². The lowest BCUT2D eigenvalue weighted by Gasteiger charge is -2.30. The van der Waals surface area contributed by atoms with Crippen LogP contribution < -0.4 is 0 Å². The first-order valence-corrected chi connectivity index (χ1v) is 7.50. The smallest absolute Gasteiger partial charge is 0.303 e. The quantitative estimate of drug-likeness (QED) is 0.662. The molecule has 1 aliphatic carbocycles. The van der Waals surface area contributed by atoms with E-state index < -0.39 is 5.97 Å². The minimum absolute atomic E-state index is 0.00671. The molecule has 0 heterocycles. The van der Waals surface area contributed by atoms with E-state index in [2.05, 4.69) is 0 Å². The molecule has 0 atom stereocenters. The van der Waals surface area contributed by atoms with Crippen molar-refractivity contribution in [2.75, 3.05) is 40.5 Å². The van der Waals surface area contributed by atoms with Gasteiger partial charge in [-0.25, -0.2) is 0 Å². The molecule has 0 aromatic heterocycles. The number of carboxylic acids is 1. The second-order valence-corrected chi connectivity index (χ2v) is 5.82. The SMILES string of the molecule is COCCN(CCOC)C(=O)CC1(CC(=O)O)CCCC1. The number of carbonyl (C=O) groups is 2. The number of nitrogens with zero attached hydrogens (tertiary/aromatic N) is 1. The van der Waals surface area contributed by atoms with Crippen LogP contribution in [0.5, 0.6) is 0 Å². The minimum Gasteiger partial charge on any atom is -0.481 e. The minimum atomic E-state index is -0.815. The van der Waals surface area contributed by atoms with Crippen molar-refractivity contribution in [2.24, 2.45) is 5.41 Å². The Hall–Kier alpha value is -1.14. The lowest BCUT2D eigenvalue weighted by Crippen LogP contribution is -2.39. The van der Waals surface area contributed by atoms with E-state index in [1.807, 2.05) is 0 Å². The molecule has 0 radical (unpaired) electrons. The zero-order chi connectivity index (χ0) is 15.7. The highest BCUT2D eigenvalue weighted by molar-refractivity contribution is 5.78. The molecule has 0 aromatic rings. The van der Waals surface area contributed by atoms with E-state index in [-0.39, 0.29) is 17.7 Å². The molecule has 0 unspecified atom stereocenters. The molecule has 0 bridgehead atoms. The summed E-state index contributed by atoms with van der Waals surface area (Å²) in [6.45, 7) is 1.98. The molecule has 21 heavy (non-hydrogen) atoms. The van der Waals surface area contributed by atoms with E-state index in [1.165, 1.54) is 0 Å². The molecule has 1 rings (SSSR count). The van der Waals surface area contributed by atoms with Crippen molar-refractivity contribution in [2.45, 2.75) is 38.5 Å². The van der Waals surface area contributed by atoms with E-state index in [0.717, 1.165) is 25.7 Å². The molecule has 1 aliphatic rings. The highest BCUT2D eigenvalue weighted by Gasteiger charge is 2.38. The monoisotopic (exact) mass is 301 g/mol. The fraction of sp³-hybridized carbons (Fsp3) is 0.867. The highest BCUT2D eigenvalue weighted by atomic mass is 16.5. The second-order valence-electron chi connectivity index (χ2n) is 5.82. The predicted octanol–water partition coefficient (Wildman–Crippen LogP) is 1.53. The van der Waals surface area contributed by atoms with Crippen LogP contribution in [-0.4, -0.2) is 62.4 Å². The first-order valence-electron chi connectivity index (χ1n) is 7.50. The van der Waals surface area contributed by atoms with Crippen molar-refractivity contribution in [1.29, 1.82) is 0 Å². The third kappa shape index (κ3) is 6.01. The van der Waals surface area contributed by atoms with Crippen LogP contribution in [0.2, 0.25) is 0 Å². The van der Waals surface area contributed by atoms with Gasteiger partial charge in [0.25, 0.3) is 0 Å². The Balaban J connectivity index is 2.65. The molecule has 122 valence electrons. The lowest BCUT2D eigenvalue weighted by atomic mass is 9.79. The summed E-state index contributed by atoms with van der Waals surface area (Å²) >= 11 is 0. The molecular weight excluding hydrogens is 274 g/mol. The normalized spacial score (nSPS) is 16.9. The molecule has 1 saturated carbocycles. The van der Waals surface area contributed by atoms with Crippen LogP contribution >= 0.6 is 0 Å². The fourth-order valence-corrected chi connectivity index (χ4v) is 3.06. The Morgan fingerprint density at radius 3 is 2.00 bits per heavy atom. The number of aliphatic carboxylic acids is 1. The van der Waals surface area contributed by atoms with E-state index in [1.54, 1.807) is 19.1 Å². The zero-order valence-electron chi connectivity index (χ0n) is 13.1. The van der Waals surface area contributed by atoms with Gasteiger partial charge in [-0.2, -0.15) is 0 Å². The Morgan fingerprint density at radius 1 is 1.05 bits per heavy atom. The zero-order valence-corrected chi connectivity index (χ0v) is 13.1. The number of carboxylic acid groups (broad SMARTS) is 1. The number of hydrogen-bond donors (Lipinski definition) is 1. The molecule has 1 fully saturated rings. The summed E-state index contributed by atoms with van der Waals surface area (Å²) in [6, 6.07) is 0. The number of amides is 1. The van der Waals surface area contributed by atoms with E-state index >= 15 is 0 Å². The lowest BCUT2D eigenvalue weighted by molar-refractivity contribution is -0.141. The Bertz CT molecular complexity index is 331. The second kappa shape index (κ2) is 9.00. The maximum absolute atomic E-state index is 12.5. The van der Waals surface area contributed by atoms with Gasteiger partial charge in [0.1, 0.15) is 0 Å². The average molecular weight is 301 g/mol. The maximum atomic E-state index is 12.5. The third-order valence-corrected chi connectivity index (χ3v) is 4.20. The average Bonchev–Trinajstić information content (AvgIpc) is 2.86. The molecule has 1 amide bonds.